The van der Waals surface area contributed by atoms with Crippen LogP contribution >= 0.6 is 62.0 Å². The van der Waals surface area contributed by atoms with Gasteiger partial charge in [-0.1, -0.05) is 62.1 Å². The van der Waals surface area contributed by atoms with Gasteiger partial charge in [-0.25, -0.2) is 4.39 Å². The van der Waals surface area contributed by atoms with E-state index in [0.717, 1.165) is 16.6 Å². The normalized spacial score (nSPS) is 27.2. The Labute approximate surface area is 183 Å². The summed E-state index contributed by atoms with van der Waals surface area (Å²) in [5.41, 5.74) is 1.84. The second kappa shape index (κ2) is 8.43. The number of fused-ring (bicyclic) bond motifs is 3. The van der Waals surface area contributed by atoms with Gasteiger partial charge >= 0.3 is 0 Å². The monoisotopic (exact) mass is 563 g/mol. The van der Waals surface area contributed by atoms with Crippen LogP contribution in [-0.4, -0.2) is 36.5 Å². The van der Waals surface area contributed by atoms with Crippen molar-refractivity contribution < 1.29 is 4.39 Å². The summed E-state index contributed by atoms with van der Waals surface area (Å²) in [6.07, 6.45) is 2.53. The van der Waals surface area contributed by atoms with Gasteiger partial charge in [-0.15, -0.1) is 0 Å². The van der Waals surface area contributed by atoms with Crippen LogP contribution in [0.1, 0.15) is 30.0 Å². The summed E-state index contributed by atoms with van der Waals surface area (Å²) >= 11 is 8.81. The Bertz CT molecular complexity index is 835. The minimum Gasteiger partial charge on any atom is -0.291 e. The molecule has 3 aliphatic heterocycles. The first-order valence-electron chi connectivity index (χ1n) is 8.40. The van der Waals surface area contributed by atoms with E-state index >= 15 is 0 Å². The van der Waals surface area contributed by atoms with Crippen molar-refractivity contribution in [2.75, 3.05) is 18.8 Å². The second-order valence-electron chi connectivity index (χ2n) is 6.48. The highest BCUT2D eigenvalue weighted by molar-refractivity contribution is 14.1. The van der Waals surface area contributed by atoms with Crippen LogP contribution in [0.3, 0.4) is 0 Å². The SMILES string of the molecule is Fc1cc(Br)cc(C#CCSc2nsnc2[C@@H]2C3CCN(CC3)C2I)c1. The topological polar surface area (TPSA) is 29.0 Å². The number of thioether (sulfide) groups is 1. The molecule has 26 heavy (non-hydrogen) atoms. The van der Waals surface area contributed by atoms with E-state index in [1.54, 1.807) is 11.8 Å². The minimum absolute atomic E-state index is 0.280. The van der Waals surface area contributed by atoms with E-state index in [0.29, 0.717) is 25.8 Å². The third kappa shape index (κ3) is 4.12. The van der Waals surface area contributed by atoms with E-state index < -0.39 is 0 Å². The van der Waals surface area contributed by atoms with Gasteiger partial charge in [0, 0.05) is 16.0 Å². The summed E-state index contributed by atoms with van der Waals surface area (Å²) in [4.78, 5) is 2.57. The quantitative estimate of drug-likeness (QED) is 0.170. The van der Waals surface area contributed by atoms with Gasteiger partial charge in [-0.2, -0.15) is 8.75 Å². The summed E-state index contributed by atoms with van der Waals surface area (Å²) < 4.78 is 23.8. The fourth-order valence-electron chi connectivity index (χ4n) is 3.69. The number of rotatable bonds is 3. The van der Waals surface area contributed by atoms with Gasteiger partial charge in [0.05, 0.1) is 27.2 Å². The van der Waals surface area contributed by atoms with Crippen molar-refractivity contribution in [2.45, 2.75) is 27.8 Å². The molecule has 0 spiro atoms. The molecule has 3 aliphatic rings. The van der Waals surface area contributed by atoms with E-state index in [-0.39, 0.29) is 5.82 Å². The Morgan fingerprint density at radius 3 is 2.85 bits per heavy atom. The third-order valence-electron chi connectivity index (χ3n) is 4.90. The zero-order valence-electron chi connectivity index (χ0n) is 13.8. The standard InChI is InChI=1S/C18H16BrFIN3S2/c19-13-8-11(9-14(20)10-13)2-1-7-25-18-16(22-26-23-18)15-12-3-5-24(6-4-12)17(15)21/h8-10,12,15,17H,3-7H2/t15-,17?/m0/s1. The maximum atomic E-state index is 13.4. The van der Waals surface area contributed by atoms with Crippen LogP contribution in [0.15, 0.2) is 27.7 Å². The highest BCUT2D eigenvalue weighted by atomic mass is 127. The van der Waals surface area contributed by atoms with E-state index in [4.69, 9.17) is 0 Å². The molecule has 136 valence electrons. The Hall–Kier alpha value is -0.210. The van der Waals surface area contributed by atoms with Crippen LogP contribution < -0.4 is 0 Å². The fourth-order valence-corrected chi connectivity index (χ4v) is 7.12. The Balaban J connectivity index is 1.45. The summed E-state index contributed by atoms with van der Waals surface area (Å²) in [7, 11) is 0. The van der Waals surface area contributed by atoms with Crippen molar-refractivity contribution in [1.29, 1.82) is 0 Å². The van der Waals surface area contributed by atoms with Gasteiger partial charge in [0.15, 0.2) is 0 Å². The van der Waals surface area contributed by atoms with Crippen molar-refractivity contribution in [3.63, 3.8) is 0 Å². The molecular weight excluding hydrogens is 548 g/mol. The summed E-state index contributed by atoms with van der Waals surface area (Å²) in [5.74, 6) is 7.69. The molecule has 0 aliphatic carbocycles. The van der Waals surface area contributed by atoms with Crippen LogP contribution in [0, 0.1) is 23.6 Å². The molecular formula is C18H16BrFIN3S2. The lowest BCUT2D eigenvalue weighted by atomic mass is 9.77. The number of alkyl halides is 1. The first kappa shape index (κ1) is 19.1. The largest absolute Gasteiger partial charge is 0.291 e. The van der Waals surface area contributed by atoms with Crippen molar-refractivity contribution in [3.05, 3.63) is 39.7 Å². The molecule has 2 atom stereocenters. The van der Waals surface area contributed by atoms with Crippen LogP contribution in [0.5, 0.6) is 0 Å². The fraction of sp³-hybridized carbons (Fsp3) is 0.444. The molecule has 1 aromatic carbocycles. The Morgan fingerprint density at radius 2 is 2.12 bits per heavy atom. The molecule has 0 radical (unpaired) electrons. The molecule has 0 saturated carbocycles. The van der Waals surface area contributed by atoms with E-state index in [1.807, 2.05) is 6.07 Å². The number of benzene rings is 1. The van der Waals surface area contributed by atoms with Gasteiger partial charge in [0.25, 0.3) is 0 Å². The maximum absolute atomic E-state index is 13.4. The number of aromatic nitrogens is 2. The lowest BCUT2D eigenvalue weighted by Crippen LogP contribution is -2.50. The smallest absolute Gasteiger partial charge is 0.135 e. The molecule has 0 amide bonds. The molecule has 0 N–H and O–H groups in total. The van der Waals surface area contributed by atoms with Crippen LogP contribution in [0.25, 0.3) is 0 Å². The molecule has 4 heterocycles. The number of hydrogen-bond donors (Lipinski definition) is 0. The predicted molar refractivity (Wildman–Crippen MR) is 116 cm³/mol. The molecule has 8 heteroatoms. The number of piperidine rings is 3. The average Bonchev–Trinajstić information content (AvgIpc) is 3.07. The summed E-state index contributed by atoms with van der Waals surface area (Å²) in [5, 5.41) is 1.02. The van der Waals surface area contributed by atoms with Gasteiger partial charge < -0.3 is 0 Å². The predicted octanol–water partition coefficient (Wildman–Crippen LogP) is 5.15. The molecule has 1 aromatic heterocycles. The molecule has 2 aromatic rings. The Morgan fingerprint density at radius 1 is 1.31 bits per heavy atom. The van der Waals surface area contributed by atoms with Crippen molar-refractivity contribution >= 4 is 62.0 Å². The molecule has 2 bridgehead atoms. The van der Waals surface area contributed by atoms with Crippen LogP contribution in [-0.2, 0) is 0 Å². The molecule has 3 nitrogen and oxygen atoms in total. The van der Waals surface area contributed by atoms with Crippen molar-refractivity contribution in [3.8, 4) is 11.8 Å². The van der Waals surface area contributed by atoms with Crippen molar-refractivity contribution in [2.24, 2.45) is 5.92 Å². The van der Waals surface area contributed by atoms with Gasteiger partial charge in [-0.05, 0) is 50.0 Å². The Kier molecular flexibility index (Phi) is 6.20. The first-order chi connectivity index (χ1) is 12.6. The highest BCUT2D eigenvalue weighted by Crippen LogP contribution is 2.47. The molecule has 1 unspecified atom stereocenters. The molecule has 5 rings (SSSR count). The lowest BCUT2D eigenvalue weighted by molar-refractivity contribution is 0.0746. The highest BCUT2D eigenvalue weighted by Gasteiger charge is 2.43. The zero-order chi connectivity index (χ0) is 18.1. The summed E-state index contributed by atoms with van der Waals surface area (Å²) in [6.45, 7) is 2.42. The zero-order valence-corrected chi connectivity index (χ0v) is 19.2. The van der Waals surface area contributed by atoms with Gasteiger partial charge in [-0.3, -0.25) is 4.90 Å². The van der Waals surface area contributed by atoms with Gasteiger partial charge in [0.2, 0.25) is 0 Å². The maximum Gasteiger partial charge on any atom is 0.135 e. The second-order valence-corrected chi connectivity index (χ2v) is 10.2. The lowest BCUT2D eigenvalue weighted by Gasteiger charge is -2.48. The van der Waals surface area contributed by atoms with E-state index in [2.05, 4.69) is 64.0 Å². The summed E-state index contributed by atoms with van der Waals surface area (Å²) in [6, 6.07) is 4.71. The van der Waals surface area contributed by atoms with Crippen molar-refractivity contribution in [1.82, 2.24) is 13.6 Å². The number of halogens is 3. The minimum atomic E-state index is -0.280. The number of hydrogen-bond acceptors (Lipinski definition) is 5. The van der Waals surface area contributed by atoms with E-state index in [9.17, 15) is 4.39 Å². The molecule has 3 saturated heterocycles. The van der Waals surface area contributed by atoms with Crippen LogP contribution in [0.4, 0.5) is 4.39 Å². The van der Waals surface area contributed by atoms with E-state index in [1.165, 1.54) is 49.8 Å². The van der Waals surface area contributed by atoms with Crippen LogP contribution in [0.2, 0.25) is 0 Å². The third-order valence-corrected chi connectivity index (χ3v) is 8.44. The number of nitrogens with zero attached hydrogens (tertiary/aromatic N) is 3. The average molecular weight is 564 g/mol. The molecule has 3 fully saturated rings. The van der Waals surface area contributed by atoms with Gasteiger partial charge in [0.1, 0.15) is 10.8 Å². The first-order valence-corrected chi connectivity index (χ1v) is 12.2.